The Labute approximate surface area is 124 Å². The maximum absolute atomic E-state index is 12.6. The number of rotatable bonds is 1. The highest BCUT2D eigenvalue weighted by atomic mass is 19.4. The lowest BCUT2D eigenvalue weighted by atomic mass is 10.1. The molecule has 112 valence electrons. The summed E-state index contributed by atoms with van der Waals surface area (Å²) in [5.41, 5.74) is 0.695. The molecule has 0 radical (unpaired) electrons. The third-order valence-electron chi connectivity index (χ3n) is 3.39. The van der Waals surface area contributed by atoms with Crippen LogP contribution >= 0.6 is 0 Å². The first-order valence-corrected chi connectivity index (χ1v) is 6.54. The lowest BCUT2D eigenvalue weighted by Crippen LogP contribution is -2.14. The van der Waals surface area contributed by atoms with Gasteiger partial charge in [0.15, 0.2) is 0 Å². The molecule has 0 atom stereocenters. The summed E-state index contributed by atoms with van der Waals surface area (Å²) in [6, 6.07) is 11.3. The van der Waals surface area contributed by atoms with Gasteiger partial charge in [-0.25, -0.2) is 4.98 Å². The van der Waals surface area contributed by atoms with E-state index in [-0.39, 0.29) is 5.56 Å². The quantitative estimate of drug-likeness (QED) is 0.679. The van der Waals surface area contributed by atoms with Gasteiger partial charge in [0.05, 0.1) is 16.6 Å². The van der Waals surface area contributed by atoms with E-state index in [1.54, 1.807) is 25.1 Å². The topological polar surface area (TPSA) is 34.9 Å². The minimum absolute atomic E-state index is 0.180. The second-order valence-corrected chi connectivity index (χ2v) is 4.86. The molecule has 6 heteroatoms. The second-order valence-electron chi connectivity index (χ2n) is 4.86. The van der Waals surface area contributed by atoms with Crippen LogP contribution in [0.5, 0.6) is 0 Å². The molecule has 0 amide bonds. The fraction of sp³-hybridized carbons (Fsp3) is 0.125. The number of nitrogens with zero attached hydrogens (tertiary/aromatic N) is 2. The van der Waals surface area contributed by atoms with Gasteiger partial charge in [-0.2, -0.15) is 13.2 Å². The van der Waals surface area contributed by atoms with E-state index in [2.05, 4.69) is 4.98 Å². The summed E-state index contributed by atoms with van der Waals surface area (Å²) in [7, 11) is 0. The molecule has 0 saturated carbocycles. The SMILES string of the molecule is Cc1nc2ccccc2n1C(=O)c1ccc(C(F)(F)F)cc1. The molecule has 0 aliphatic carbocycles. The Hall–Kier alpha value is -2.63. The van der Waals surface area contributed by atoms with Gasteiger partial charge in [-0.05, 0) is 43.3 Å². The van der Waals surface area contributed by atoms with E-state index >= 15 is 0 Å². The van der Waals surface area contributed by atoms with Crippen molar-refractivity contribution in [3.63, 3.8) is 0 Å². The molecule has 2 aromatic carbocycles. The normalized spacial score (nSPS) is 11.8. The van der Waals surface area contributed by atoms with Gasteiger partial charge in [-0.1, -0.05) is 12.1 Å². The maximum Gasteiger partial charge on any atom is 0.416 e. The van der Waals surface area contributed by atoms with E-state index in [1.807, 2.05) is 6.07 Å². The van der Waals surface area contributed by atoms with E-state index in [1.165, 1.54) is 16.7 Å². The number of alkyl halides is 3. The Morgan fingerprint density at radius 3 is 2.32 bits per heavy atom. The summed E-state index contributed by atoms with van der Waals surface area (Å²) >= 11 is 0. The smallest absolute Gasteiger partial charge is 0.268 e. The van der Waals surface area contributed by atoms with Crippen LogP contribution in [0.4, 0.5) is 13.2 Å². The Balaban J connectivity index is 2.05. The number of hydrogen-bond donors (Lipinski definition) is 0. The molecule has 0 fully saturated rings. The zero-order chi connectivity index (χ0) is 15.9. The fourth-order valence-corrected chi connectivity index (χ4v) is 2.33. The van der Waals surface area contributed by atoms with Gasteiger partial charge in [-0.15, -0.1) is 0 Å². The predicted octanol–water partition coefficient (Wildman–Crippen LogP) is 4.05. The summed E-state index contributed by atoms with van der Waals surface area (Å²) in [6.45, 7) is 1.68. The van der Waals surface area contributed by atoms with Crippen LogP contribution in [0.3, 0.4) is 0 Å². The van der Waals surface area contributed by atoms with Crippen LogP contribution in [0.15, 0.2) is 48.5 Å². The molecule has 3 rings (SSSR count). The Morgan fingerprint density at radius 2 is 1.68 bits per heavy atom. The number of halogens is 3. The number of fused-ring (bicyclic) bond motifs is 1. The van der Waals surface area contributed by atoms with Gasteiger partial charge in [-0.3, -0.25) is 9.36 Å². The molecule has 0 unspecified atom stereocenters. The first-order chi connectivity index (χ1) is 10.4. The van der Waals surface area contributed by atoms with Crippen molar-refractivity contribution in [3.8, 4) is 0 Å². The molecule has 22 heavy (non-hydrogen) atoms. The number of imidazole rings is 1. The van der Waals surface area contributed by atoms with E-state index in [0.717, 1.165) is 12.1 Å². The summed E-state index contributed by atoms with van der Waals surface area (Å²) in [6.07, 6.45) is -4.42. The average Bonchev–Trinajstić information content (AvgIpc) is 2.81. The van der Waals surface area contributed by atoms with Crippen molar-refractivity contribution in [2.45, 2.75) is 13.1 Å². The highest BCUT2D eigenvalue weighted by molar-refractivity contribution is 6.01. The molecule has 3 nitrogen and oxygen atoms in total. The summed E-state index contributed by atoms with van der Waals surface area (Å²) in [4.78, 5) is 16.8. The van der Waals surface area contributed by atoms with Crippen molar-refractivity contribution in [3.05, 3.63) is 65.5 Å². The number of carbonyl (C=O) groups excluding carboxylic acids is 1. The molecule has 1 aromatic heterocycles. The van der Waals surface area contributed by atoms with Crippen LogP contribution in [0.25, 0.3) is 11.0 Å². The molecular formula is C16H11F3N2O. The van der Waals surface area contributed by atoms with Crippen molar-refractivity contribution in [2.24, 2.45) is 0 Å². The maximum atomic E-state index is 12.6. The van der Waals surface area contributed by atoms with Crippen LogP contribution in [0.1, 0.15) is 21.7 Å². The summed E-state index contributed by atoms with van der Waals surface area (Å²) < 4.78 is 39.1. The van der Waals surface area contributed by atoms with E-state index < -0.39 is 17.6 Å². The van der Waals surface area contributed by atoms with Crippen LogP contribution in [-0.2, 0) is 6.18 Å². The molecule has 3 aromatic rings. The lowest BCUT2D eigenvalue weighted by molar-refractivity contribution is -0.137. The number of aryl methyl sites for hydroxylation is 1. The van der Waals surface area contributed by atoms with Crippen LogP contribution in [-0.4, -0.2) is 15.5 Å². The summed E-state index contributed by atoms with van der Waals surface area (Å²) in [5, 5.41) is 0. The van der Waals surface area contributed by atoms with Crippen LogP contribution in [0.2, 0.25) is 0 Å². The molecule has 0 saturated heterocycles. The van der Waals surface area contributed by atoms with E-state index in [9.17, 15) is 18.0 Å². The largest absolute Gasteiger partial charge is 0.416 e. The fourth-order valence-electron chi connectivity index (χ4n) is 2.33. The zero-order valence-corrected chi connectivity index (χ0v) is 11.6. The number of hydrogen-bond acceptors (Lipinski definition) is 2. The second kappa shape index (κ2) is 4.98. The number of para-hydroxylation sites is 2. The zero-order valence-electron chi connectivity index (χ0n) is 11.6. The molecule has 0 aliphatic rings. The van der Waals surface area contributed by atoms with Crippen molar-refractivity contribution in [1.82, 2.24) is 9.55 Å². The minimum Gasteiger partial charge on any atom is -0.268 e. The van der Waals surface area contributed by atoms with Gasteiger partial charge in [0.25, 0.3) is 5.91 Å². The van der Waals surface area contributed by atoms with Gasteiger partial charge in [0, 0.05) is 5.56 Å². The highest BCUT2D eigenvalue weighted by Crippen LogP contribution is 2.29. The first kappa shape index (κ1) is 14.3. The van der Waals surface area contributed by atoms with E-state index in [0.29, 0.717) is 16.9 Å². The monoisotopic (exact) mass is 304 g/mol. The molecule has 0 aliphatic heterocycles. The van der Waals surface area contributed by atoms with Gasteiger partial charge in [0.1, 0.15) is 5.82 Å². The highest BCUT2D eigenvalue weighted by Gasteiger charge is 2.30. The molecule has 1 heterocycles. The van der Waals surface area contributed by atoms with Crippen LogP contribution in [0, 0.1) is 6.92 Å². The number of benzene rings is 2. The van der Waals surface area contributed by atoms with E-state index in [4.69, 9.17) is 0 Å². The Morgan fingerprint density at radius 1 is 1.05 bits per heavy atom. The van der Waals surface area contributed by atoms with Crippen molar-refractivity contribution in [2.75, 3.05) is 0 Å². The Bertz CT molecular complexity index is 848. The third kappa shape index (κ3) is 2.36. The minimum atomic E-state index is -4.42. The standard InChI is InChI=1S/C16H11F3N2O/c1-10-20-13-4-2-3-5-14(13)21(10)15(22)11-6-8-12(9-7-11)16(17,18)19/h2-9H,1H3. The average molecular weight is 304 g/mol. The van der Waals surface area contributed by atoms with Crippen molar-refractivity contribution < 1.29 is 18.0 Å². The Kier molecular flexibility index (Phi) is 3.24. The lowest BCUT2D eigenvalue weighted by Gasteiger charge is -2.08. The van der Waals surface area contributed by atoms with Crippen LogP contribution < -0.4 is 0 Å². The summed E-state index contributed by atoms with van der Waals surface area (Å²) in [5.74, 6) is 0.0889. The molecular weight excluding hydrogens is 293 g/mol. The molecule has 0 spiro atoms. The van der Waals surface area contributed by atoms with Gasteiger partial charge in [0.2, 0.25) is 0 Å². The van der Waals surface area contributed by atoms with Gasteiger partial charge >= 0.3 is 6.18 Å². The van der Waals surface area contributed by atoms with Crippen molar-refractivity contribution in [1.29, 1.82) is 0 Å². The number of aromatic nitrogens is 2. The number of carbonyl (C=O) groups is 1. The first-order valence-electron chi connectivity index (χ1n) is 6.54. The van der Waals surface area contributed by atoms with Gasteiger partial charge < -0.3 is 0 Å². The molecule has 0 N–H and O–H groups in total. The predicted molar refractivity (Wildman–Crippen MR) is 75.6 cm³/mol. The van der Waals surface area contributed by atoms with Crippen molar-refractivity contribution >= 4 is 16.9 Å². The molecule has 0 bridgehead atoms. The third-order valence-corrected chi connectivity index (χ3v) is 3.39.